The number of nitrogens with one attached hydrogen (secondary N) is 1. The molecular weight excluding hydrogens is 435 g/mol. The normalized spacial score (nSPS) is 10.8. The summed E-state index contributed by atoms with van der Waals surface area (Å²) >= 11 is 6.09. The second-order valence-electron chi connectivity index (χ2n) is 6.60. The number of carbonyl (C=O) groups excluding carboxylic acids is 1. The van der Waals surface area contributed by atoms with Crippen LogP contribution in [0, 0.1) is 5.82 Å². The summed E-state index contributed by atoms with van der Waals surface area (Å²) in [5.41, 5.74) is 4.07. The van der Waals surface area contributed by atoms with Gasteiger partial charge in [-0.1, -0.05) is 23.7 Å². The fourth-order valence-electron chi connectivity index (χ4n) is 2.85. The molecule has 8 heteroatoms. The second kappa shape index (κ2) is 11.2. The van der Waals surface area contributed by atoms with Crippen molar-refractivity contribution in [1.82, 2.24) is 5.43 Å². The van der Waals surface area contributed by atoms with Crippen molar-refractivity contribution in [3.63, 3.8) is 0 Å². The van der Waals surface area contributed by atoms with E-state index in [2.05, 4.69) is 10.5 Å². The van der Waals surface area contributed by atoms with Crippen molar-refractivity contribution in [2.75, 3.05) is 13.7 Å². The zero-order chi connectivity index (χ0) is 22.9. The molecule has 3 aromatic rings. The van der Waals surface area contributed by atoms with Gasteiger partial charge in [0.25, 0.3) is 5.91 Å². The minimum absolute atomic E-state index is 0.165. The van der Waals surface area contributed by atoms with Gasteiger partial charge in [0.1, 0.15) is 18.2 Å². The van der Waals surface area contributed by atoms with Gasteiger partial charge in [-0.3, -0.25) is 4.79 Å². The molecule has 0 radical (unpaired) electrons. The van der Waals surface area contributed by atoms with Crippen LogP contribution in [0.25, 0.3) is 0 Å². The van der Waals surface area contributed by atoms with Crippen LogP contribution in [0.2, 0.25) is 5.02 Å². The molecule has 166 valence electrons. The Morgan fingerprint density at radius 1 is 1.06 bits per heavy atom. The number of hydrogen-bond acceptors (Lipinski definition) is 5. The summed E-state index contributed by atoms with van der Waals surface area (Å²) in [6.07, 6.45) is 1.43. The maximum absolute atomic E-state index is 13.4. The molecule has 32 heavy (non-hydrogen) atoms. The smallest absolute Gasteiger partial charge is 0.271 e. The first-order valence-electron chi connectivity index (χ1n) is 9.81. The number of methoxy groups -OCH3 is 1. The molecule has 0 atom stereocenters. The quantitative estimate of drug-likeness (QED) is 0.353. The summed E-state index contributed by atoms with van der Waals surface area (Å²) in [6.45, 7) is 2.45. The Labute approximate surface area is 190 Å². The van der Waals surface area contributed by atoms with Gasteiger partial charge < -0.3 is 14.2 Å². The SMILES string of the molecule is CCOc1cc(C(=O)N/N=C/c2cc(Cl)ccc2OCc2cccc(F)c2)ccc1OC. The number of benzene rings is 3. The van der Waals surface area contributed by atoms with Crippen molar-refractivity contribution >= 4 is 23.7 Å². The zero-order valence-corrected chi connectivity index (χ0v) is 18.4. The van der Waals surface area contributed by atoms with E-state index < -0.39 is 5.91 Å². The second-order valence-corrected chi connectivity index (χ2v) is 7.03. The van der Waals surface area contributed by atoms with E-state index in [0.29, 0.717) is 45.6 Å². The minimum Gasteiger partial charge on any atom is -0.493 e. The third-order valence-electron chi connectivity index (χ3n) is 4.35. The first-order chi connectivity index (χ1) is 15.5. The van der Waals surface area contributed by atoms with Crippen molar-refractivity contribution in [2.24, 2.45) is 5.10 Å². The molecule has 0 aromatic heterocycles. The summed E-state index contributed by atoms with van der Waals surface area (Å²) in [6, 6.07) is 16.0. The average Bonchev–Trinajstić information content (AvgIpc) is 2.78. The maximum Gasteiger partial charge on any atom is 0.271 e. The van der Waals surface area contributed by atoms with Gasteiger partial charge in [0.05, 0.1) is 19.9 Å². The van der Waals surface area contributed by atoms with Crippen molar-refractivity contribution in [2.45, 2.75) is 13.5 Å². The molecule has 1 amide bonds. The summed E-state index contributed by atoms with van der Waals surface area (Å²) < 4.78 is 29.9. The topological polar surface area (TPSA) is 69.2 Å². The third kappa shape index (κ3) is 6.21. The highest BCUT2D eigenvalue weighted by Gasteiger charge is 2.11. The number of nitrogens with zero attached hydrogens (tertiary/aromatic N) is 1. The van der Waals surface area contributed by atoms with Gasteiger partial charge in [-0.25, -0.2) is 9.82 Å². The average molecular weight is 457 g/mol. The lowest BCUT2D eigenvalue weighted by Crippen LogP contribution is -2.17. The Morgan fingerprint density at radius 3 is 2.62 bits per heavy atom. The summed E-state index contributed by atoms with van der Waals surface area (Å²) in [4.78, 5) is 12.5. The molecule has 3 rings (SSSR count). The fraction of sp³-hybridized carbons (Fsp3) is 0.167. The van der Waals surface area contributed by atoms with Crippen LogP contribution in [0.5, 0.6) is 17.2 Å². The Hall–Kier alpha value is -3.58. The van der Waals surface area contributed by atoms with Gasteiger partial charge in [0.2, 0.25) is 0 Å². The summed E-state index contributed by atoms with van der Waals surface area (Å²) in [7, 11) is 1.53. The van der Waals surface area contributed by atoms with Crippen LogP contribution in [0.3, 0.4) is 0 Å². The van der Waals surface area contributed by atoms with Crippen molar-refractivity contribution in [1.29, 1.82) is 0 Å². The van der Waals surface area contributed by atoms with Crippen LogP contribution in [0.15, 0.2) is 65.8 Å². The molecule has 0 saturated carbocycles. The zero-order valence-electron chi connectivity index (χ0n) is 17.6. The standard InChI is InChI=1S/C24H22ClFN2O4/c1-3-31-23-13-17(7-9-22(23)30-2)24(29)28-27-14-18-12-19(25)8-10-21(18)32-15-16-5-4-6-20(26)11-16/h4-14H,3,15H2,1-2H3,(H,28,29)/b27-14+. The number of hydrogen-bond donors (Lipinski definition) is 1. The molecule has 0 bridgehead atoms. The lowest BCUT2D eigenvalue weighted by atomic mass is 10.2. The molecule has 6 nitrogen and oxygen atoms in total. The van der Waals surface area contributed by atoms with E-state index in [0.717, 1.165) is 0 Å². The molecule has 0 saturated heterocycles. The van der Waals surface area contributed by atoms with Crippen LogP contribution >= 0.6 is 11.6 Å². The maximum atomic E-state index is 13.4. The van der Waals surface area contributed by atoms with E-state index in [-0.39, 0.29) is 12.4 Å². The number of carbonyl (C=O) groups is 1. The molecule has 0 aliphatic rings. The predicted octanol–water partition coefficient (Wildman–Crippen LogP) is 5.23. The molecule has 1 N–H and O–H groups in total. The molecule has 0 spiro atoms. The van der Waals surface area contributed by atoms with Gasteiger partial charge in [-0.2, -0.15) is 5.10 Å². The first-order valence-corrected chi connectivity index (χ1v) is 10.2. The fourth-order valence-corrected chi connectivity index (χ4v) is 3.03. The van der Waals surface area contributed by atoms with Gasteiger partial charge in [-0.05, 0) is 61.0 Å². The van der Waals surface area contributed by atoms with E-state index in [1.165, 1.54) is 25.5 Å². The Balaban J connectivity index is 1.70. The number of ether oxygens (including phenoxy) is 3. The van der Waals surface area contributed by atoms with Gasteiger partial charge in [-0.15, -0.1) is 0 Å². The largest absolute Gasteiger partial charge is 0.493 e. The molecule has 3 aromatic carbocycles. The van der Waals surface area contributed by atoms with Gasteiger partial charge >= 0.3 is 0 Å². The van der Waals surface area contributed by atoms with Crippen LogP contribution in [-0.2, 0) is 6.61 Å². The Kier molecular flexibility index (Phi) is 8.05. The first kappa shape index (κ1) is 23.1. The molecule has 0 aliphatic heterocycles. The van der Waals surface area contributed by atoms with E-state index in [1.807, 2.05) is 6.92 Å². The molecule has 0 aliphatic carbocycles. The summed E-state index contributed by atoms with van der Waals surface area (Å²) in [5, 5.41) is 4.49. The Bertz CT molecular complexity index is 1120. The summed E-state index contributed by atoms with van der Waals surface area (Å²) in [5.74, 6) is 0.729. The highest BCUT2D eigenvalue weighted by atomic mass is 35.5. The van der Waals surface area contributed by atoms with Crippen molar-refractivity contribution < 1.29 is 23.4 Å². The predicted molar refractivity (Wildman–Crippen MR) is 121 cm³/mol. The van der Waals surface area contributed by atoms with Gasteiger partial charge in [0.15, 0.2) is 11.5 Å². The highest BCUT2D eigenvalue weighted by molar-refractivity contribution is 6.30. The van der Waals surface area contributed by atoms with E-state index in [9.17, 15) is 9.18 Å². The van der Waals surface area contributed by atoms with Crippen molar-refractivity contribution in [3.05, 3.63) is 88.2 Å². The van der Waals surface area contributed by atoms with E-state index >= 15 is 0 Å². The minimum atomic E-state index is -0.422. The van der Waals surface area contributed by atoms with Crippen LogP contribution in [0.4, 0.5) is 4.39 Å². The van der Waals surface area contributed by atoms with Crippen LogP contribution in [0.1, 0.15) is 28.4 Å². The highest BCUT2D eigenvalue weighted by Crippen LogP contribution is 2.28. The monoisotopic (exact) mass is 456 g/mol. The van der Waals surface area contributed by atoms with Crippen LogP contribution < -0.4 is 19.6 Å². The van der Waals surface area contributed by atoms with Crippen molar-refractivity contribution in [3.8, 4) is 17.2 Å². The Morgan fingerprint density at radius 2 is 1.88 bits per heavy atom. The van der Waals surface area contributed by atoms with E-state index in [1.54, 1.807) is 48.5 Å². The number of amides is 1. The molecule has 0 fully saturated rings. The third-order valence-corrected chi connectivity index (χ3v) is 4.59. The number of hydrazone groups is 1. The molecule has 0 heterocycles. The number of halogens is 2. The molecule has 0 unspecified atom stereocenters. The van der Waals surface area contributed by atoms with E-state index in [4.69, 9.17) is 25.8 Å². The molecular formula is C24H22ClFN2O4. The number of rotatable bonds is 9. The van der Waals surface area contributed by atoms with Crippen LogP contribution in [-0.4, -0.2) is 25.8 Å². The lowest BCUT2D eigenvalue weighted by molar-refractivity contribution is 0.0954. The lowest BCUT2D eigenvalue weighted by Gasteiger charge is -2.11. The van der Waals surface area contributed by atoms with Gasteiger partial charge in [0, 0.05) is 16.1 Å².